The van der Waals surface area contributed by atoms with Crippen LogP contribution in [0.2, 0.25) is 5.02 Å². The van der Waals surface area contributed by atoms with E-state index in [4.69, 9.17) is 16.3 Å². The second-order valence-corrected chi connectivity index (χ2v) is 27.0. The minimum Gasteiger partial charge on any atom is -0.493 e. The molecule has 0 aliphatic carbocycles. The standard InChI is InChI=1S/C49H52ClN13O16S6/c1-26-18-40(59-62-47-27(2)33(25-51)48-52-28(3)29(4)63(48)49(47)66)43(79-12-7-15-82(67,68)69)22-35(26)56-60-41-20-37(54-31(6)65)39(24-44(41)80-13-8-16-83(70,71)72)58-61-42-21-36(53-30(5)64)38(23-45(42)81-14-9-17-84(73,74)75)57-55-34-11-10-32(50)19-46(34)85(76,77)78/h10-11,18-24,66H,7-9,12-17H2,1-6H3,(H,53,64)(H,54,65)(H,67,68,69)(H,70,71,72)(H,73,74,75)(H,76,77,78). The quantitative estimate of drug-likeness (QED) is 0.0115. The summed E-state index contributed by atoms with van der Waals surface area (Å²) in [5.74, 6) is -3.39. The van der Waals surface area contributed by atoms with Crippen molar-refractivity contribution in [1.29, 1.82) is 5.26 Å². The Bertz CT molecular complexity index is 4270. The number of imidazole rings is 1. The van der Waals surface area contributed by atoms with E-state index in [9.17, 15) is 71.8 Å². The molecule has 2 amide bonds. The zero-order valence-corrected chi connectivity index (χ0v) is 51.2. The van der Waals surface area contributed by atoms with Crippen LogP contribution in [0.5, 0.6) is 11.6 Å². The van der Waals surface area contributed by atoms with Crippen LogP contribution in [0.3, 0.4) is 0 Å². The largest absolute Gasteiger partial charge is 0.493 e. The van der Waals surface area contributed by atoms with Gasteiger partial charge in [-0.25, -0.2) is 4.98 Å². The van der Waals surface area contributed by atoms with E-state index in [2.05, 4.69) is 62.6 Å². The summed E-state index contributed by atoms with van der Waals surface area (Å²) in [4.78, 5) is 29.5. The number of pyridine rings is 1. The number of hydrogen-bond acceptors (Lipinski definition) is 24. The van der Waals surface area contributed by atoms with Crippen LogP contribution >= 0.6 is 35.1 Å². The summed E-state index contributed by atoms with van der Waals surface area (Å²) in [7, 11) is -18.0. The Hall–Kier alpha value is -7.37. The number of ether oxygens (including phenoxy) is 1. The number of nitrogens with zero attached hydrogens (tertiary/aromatic N) is 11. The summed E-state index contributed by atoms with van der Waals surface area (Å²) in [6.45, 7) is 8.68. The van der Waals surface area contributed by atoms with Crippen molar-refractivity contribution in [1.82, 2.24) is 9.38 Å². The van der Waals surface area contributed by atoms with Crippen LogP contribution in [0.15, 0.2) is 110 Å². The highest BCUT2D eigenvalue weighted by Gasteiger charge is 2.23. The summed E-state index contributed by atoms with van der Waals surface area (Å²) >= 11 is 8.02. The third-order valence-electron chi connectivity index (χ3n) is 11.6. The van der Waals surface area contributed by atoms with Crippen LogP contribution < -0.4 is 15.4 Å². The van der Waals surface area contributed by atoms with Crippen molar-refractivity contribution >= 4 is 150 Å². The molecule has 29 nitrogen and oxygen atoms in total. The van der Waals surface area contributed by atoms with E-state index >= 15 is 0 Å². The number of aryl methyl sites for hydroxylation is 3. The molecule has 0 aliphatic heterocycles. The maximum atomic E-state index is 12.8. The number of fused-ring (bicyclic) bond motifs is 1. The number of hydrogen-bond donors (Lipinski definition) is 7. The summed E-state index contributed by atoms with van der Waals surface area (Å²) in [5, 5.41) is 61.3. The van der Waals surface area contributed by atoms with E-state index in [1.807, 2.05) is 0 Å². The van der Waals surface area contributed by atoms with Gasteiger partial charge in [-0.05, 0) is 113 Å². The third-order valence-corrected chi connectivity index (χ3v) is 17.3. The van der Waals surface area contributed by atoms with E-state index in [1.165, 1.54) is 60.7 Å². The molecule has 0 unspecified atom stereocenters. The molecule has 0 aliphatic rings. The molecule has 6 aromatic rings. The van der Waals surface area contributed by atoms with E-state index in [1.54, 1.807) is 27.7 Å². The van der Waals surface area contributed by atoms with Gasteiger partial charge in [0.25, 0.3) is 40.5 Å². The SMILES string of the molecule is CC(=O)Nc1cc(N=Nc2cc(OCCCS(=O)(=O)O)c(N=Nc3c(C)c(C#N)c4nc(C)c(C)n4c3O)cc2C)c(SCCCS(=O)(=O)O)cc1N=Nc1cc(NC(C)=O)c(N=Nc2ccc(Cl)cc2S(=O)(=O)O)cc1SCCCS(=O)(=O)O. The number of carbonyl (C=O) groups is 2. The third kappa shape index (κ3) is 19.1. The topological polar surface area (TPSA) is 445 Å². The normalized spacial score (nSPS) is 12.5. The van der Waals surface area contributed by atoms with Gasteiger partial charge in [0.1, 0.15) is 56.4 Å². The summed E-state index contributed by atoms with van der Waals surface area (Å²) < 4.78 is 140. The number of azo groups is 4. The zero-order valence-electron chi connectivity index (χ0n) is 45.5. The number of rotatable bonds is 26. The first kappa shape index (κ1) is 66.8. The molecule has 6 rings (SSSR count). The Labute approximate surface area is 500 Å². The molecule has 0 radical (unpaired) electrons. The average molecular weight is 1310 g/mol. The lowest BCUT2D eigenvalue weighted by Crippen LogP contribution is -2.08. The van der Waals surface area contributed by atoms with Gasteiger partial charge in [0.2, 0.25) is 17.7 Å². The number of aromatic nitrogens is 2. The van der Waals surface area contributed by atoms with Crippen LogP contribution in [-0.2, 0) is 50.1 Å². The van der Waals surface area contributed by atoms with Crippen LogP contribution in [0.4, 0.5) is 56.9 Å². The molecular formula is C49H52ClN13O16S6. The van der Waals surface area contributed by atoms with E-state index in [0.717, 1.165) is 35.7 Å². The van der Waals surface area contributed by atoms with Crippen LogP contribution in [0, 0.1) is 39.0 Å². The van der Waals surface area contributed by atoms with Crippen molar-refractivity contribution in [3.05, 3.63) is 87.7 Å². The van der Waals surface area contributed by atoms with Gasteiger partial charge in [0, 0.05) is 46.0 Å². The number of aromatic hydroxyl groups is 1. The number of anilines is 2. The summed E-state index contributed by atoms with van der Waals surface area (Å²) in [6, 6.07) is 13.8. The molecule has 2 heterocycles. The highest BCUT2D eigenvalue weighted by Crippen LogP contribution is 2.46. The Balaban J connectivity index is 1.48. The number of benzene rings is 4. The molecule has 0 spiro atoms. The number of nitriles is 1. The highest BCUT2D eigenvalue weighted by atomic mass is 35.5. The predicted molar refractivity (Wildman–Crippen MR) is 316 cm³/mol. The fourth-order valence-electron chi connectivity index (χ4n) is 7.54. The first-order valence-corrected chi connectivity index (χ1v) is 33.2. The van der Waals surface area contributed by atoms with Gasteiger partial charge in [-0.2, -0.15) is 44.0 Å². The van der Waals surface area contributed by atoms with Crippen molar-refractivity contribution in [2.45, 2.75) is 75.5 Å². The Kier molecular flexibility index (Phi) is 22.2. The summed E-state index contributed by atoms with van der Waals surface area (Å²) in [6.07, 6.45) is -0.312. The number of nitrogens with one attached hydrogen (secondary N) is 2. The van der Waals surface area contributed by atoms with Crippen molar-refractivity contribution in [3.63, 3.8) is 0 Å². The summed E-state index contributed by atoms with van der Waals surface area (Å²) in [5.41, 5.74) is 1.74. The lowest BCUT2D eigenvalue weighted by molar-refractivity contribution is -0.115. The number of thioether (sulfide) groups is 2. The monoisotopic (exact) mass is 1310 g/mol. The minimum atomic E-state index is -4.87. The van der Waals surface area contributed by atoms with E-state index in [0.29, 0.717) is 17.0 Å². The maximum Gasteiger partial charge on any atom is 0.296 e. The number of amides is 2. The Morgan fingerprint density at radius 2 is 1.13 bits per heavy atom. The average Bonchev–Trinajstić information content (AvgIpc) is 1.82. The molecule has 452 valence electrons. The molecule has 0 saturated carbocycles. The molecule has 0 bridgehead atoms. The van der Waals surface area contributed by atoms with Crippen LogP contribution in [0.25, 0.3) is 5.65 Å². The van der Waals surface area contributed by atoms with Gasteiger partial charge < -0.3 is 20.5 Å². The molecule has 2 aromatic heterocycles. The van der Waals surface area contributed by atoms with Gasteiger partial charge in [0.05, 0.1) is 46.6 Å². The van der Waals surface area contributed by atoms with Crippen molar-refractivity contribution in [3.8, 4) is 17.7 Å². The second-order valence-electron chi connectivity index (χ2n) is 18.2. The van der Waals surface area contributed by atoms with Crippen molar-refractivity contribution < 1.29 is 71.3 Å². The van der Waals surface area contributed by atoms with Crippen molar-refractivity contribution in [2.24, 2.45) is 40.9 Å². The van der Waals surface area contributed by atoms with Crippen LogP contribution in [-0.4, -0.2) is 114 Å². The predicted octanol–water partition coefficient (Wildman–Crippen LogP) is 12.0. The first-order chi connectivity index (χ1) is 39.7. The molecule has 0 fully saturated rings. The maximum absolute atomic E-state index is 12.8. The number of carbonyl (C=O) groups excluding carboxylic acids is 2. The molecule has 0 saturated heterocycles. The minimum absolute atomic E-state index is 0.00216. The highest BCUT2D eigenvalue weighted by molar-refractivity contribution is 7.99. The molecule has 7 N–H and O–H groups in total. The van der Waals surface area contributed by atoms with Gasteiger partial charge in [-0.3, -0.25) is 32.2 Å². The van der Waals surface area contributed by atoms with E-state index < -0.39 is 74.4 Å². The van der Waals surface area contributed by atoms with E-state index in [-0.39, 0.29) is 137 Å². The van der Waals surface area contributed by atoms with Crippen LogP contribution in [0.1, 0.15) is 61.2 Å². The smallest absolute Gasteiger partial charge is 0.296 e. The lowest BCUT2D eigenvalue weighted by atomic mass is 10.1. The molecule has 36 heteroatoms. The van der Waals surface area contributed by atoms with Gasteiger partial charge >= 0.3 is 0 Å². The zero-order chi connectivity index (χ0) is 62.8. The molecule has 4 aromatic carbocycles. The lowest BCUT2D eigenvalue weighted by Gasteiger charge is -2.13. The van der Waals surface area contributed by atoms with Gasteiger partial charge in [-0.1, -0.05) is 11.6 Å². The molecular weight excluding hydrogens is 1250 g/mol. The first-order valence-electron chi connectivity index (χ1n) is 24.6. The fraction of sp³-hybridized carbons (Fsp3) is 0.306. The fourth-order valence-corrected chi connectivity index (χ4v) is 12.2. The molecule has 85 heavy (non-hydrogen) atoms. The van der Waals surface area contributed by atoms with Gasteiger partial charge in [-0.15, -0.1) is 59.3 Å². The Morgan fingerprint density at radius 3 is 1.62 bits per heavy atom. The number of halogens is 1. The van der Waals surface area contributed by atoms with Crippen molar-refractivity contribution in [2.75, 3.05) is 46.0 Å². The molecule has 0 atom stereocenters. The van der Waals surface area contributed by atoms with Gasteiger partial charge in [0.15, 0.2) is 11.3 Å². The Morgan fingerprint density at radius 1 is 0.647 bits per heavy atom. The second kappa shape index (κ2) is 28.2.